The predicted molar refractivity (Wildman–Crippen MR) is 144 cm³/mol. The van der Waals surface area contributed by atoms with Crippen molar-refractivity contribution in [2.45, 2.75) is 75.9 Å². The molecule has 1 atom stereocenters. The smallest absolute Gasteiger partial charge is 0.340 e. The minimum atomic E-state index is -3.08. The molecular weight excluding hydrogens is 506 g/mol. The summed E-state index contributed by atoms with van der Waals surface area (Å²) >= 11 is 0. The van der Waals surface area contributed by atoms with Gasteiger partial charge in [0.2, 0.25) is 5.88 Å². The average molecular weight is 540 g/mol. The van der Waals surface area contributed by atoms with Gasteiger partial charge in [-0.25, -0.2) is 28.2 Å². The minimum absolute atomic E-state index is 0.222. The Morgan fingerprint density at radius 2 is 1.92 bits per heavy atom. The molecule has 202 valence electrons. The van der Waals surface area contributed by atoms with E-state index < -0.39 is 21.0 Å². The molecule has 3 aromatic heterocycles. The SMILES string of the molecule is CC[C@@](C)(N)c1cnc(OC2CC(S(C)(=O)=O)C2)c2cnc(Nc3ccc4c(n3)CC(C)(C)OC4=O)cc12. The van der Waals surface area contributed by atoms with Crippen molar-refractivity contribution in [3.8, 4) is 5.88 Å². The van der Waals surface area contributed by atoms with E-state index in [1.165, 1.54) is 6.26 Å². The molecular formula is C27H33N5O5S. The summed E-state index contributed by atoms with van der Waals surface area (Å²) < 4.78 is 35.2. The van der Waals surface area contributed by atoms with Crippen molar-refractivity contribution in [1.29, 1.82) is 0 Å². The Bertz CT molecular complexity index is 1530. The van der Waals surface area contributed by atoms with E-state index in [0.717, 1.165) is 10.9 Å². The van der Waals surface area contributed by atoms with E-state index in [0.29, 0.717) is 59.8 Å². The number of anilines is 2. The van der Waals surface area contributed by atoms with Crippen molar-refractivity contribution in [2.24, 2.45) is 5.73 Å². The fourth-order valence-corrected chi connectivity index (χ4v) is 5.94. The summed E-state index contributed by atoms with van der Waals surface area (Å²) in [4.78, 5) is 26.1. The molecule has 0 amide bonds. The number of ether oxygens (including phenoxy) is 2. The quantitative estimate of drug-likeness (QED) is 0.425. The number of nitrogens with zero attached hydrogens (tertiary/aromatic N) is 3. The van der Waals surface area contributed by atoms with Crippen molar-refractivity contribution >= 4 is 38.2 Å². The van der Waals surface area contributed by atoms with Crippen LogP contribution >= 0.6 is 0 Å². The van der Waals surface area contributed by atoms with Crippen LogP contribution in [0.1, 0.15) is 68.6 Å². The number of fused-ring (bicyclic) bond motifs is 2. The maximum atomic E-state index is 12.3. The number of esters is 1. The number of nitrogens with one attached hydrogen (secondary N) is 1. The van der Waals surface area contributed by atoms with Crippen molar-refractivity contribution < 1.29 is 22.7 Å². The number of cyclic esters (lactones) is 1. The Labute approximate surface area is 222 Å². The fraction of sp³-hybridized carbons (Fsp3) is 0.481. The summed E-state index contributed by atoms with van der Waals surface area (Å²) in [5, 5.41) is 4.40. The molecule has 0 radical (unpaired) electrons. The topological polar surface area (TPSA) is 146 Å². The second-order valence-corrected chi connectivity index (χ2v) is 13.5. The van der Waals surface area contributed by atoms with E-state index in [4.69, 9.17) is 15.2 Å². The molecule has 3 N–H and O–H groups in total. The van der Waals surface area contributed by atoms with Crippen molar-refractivity contribution in [3.63, 3.8) is 0 Å². The molecule has 10 nitrogen and oxygen atoms in total. The van der Waals surface area contributed by atoms with Gasteiger partial charge < -0.3 is 20.5 Å². The third kappa shape index (κ3) is 5.04. The molecule has 0 saturated heterocycles. The molecule has 1 aliphatic heterocycles. The minimum Gasteiger partial charge on any atom is -0.474 e. The predicted octanol–water partition coefficient (Wildman–Crippen LogP) is 3.80. The first kappa shape index (κ1) is 26.3. The van der Waals surface area contributed by atoms with Crippen molar-refractivity contribution in [1.82, 2.24) is 15.0 Å². The number of aromatic nitrogens is 3. The molecule has 1 fully saturated rings. The second-order valence-electron chi connectivity index (χ2n) is 11.2. The van der Waals surface area contributed by atoms with Gasteiger partial charge in [-0.3, -0.25) is 0 Å². The van der Waals surface area contributed by atoms with E-state index >= 15 is 0 Å². The Balaban J connectivity index is 1.47. The molecule has 5 rings (SSSR count). The third-order valence-electron chi connectivity index (χ3n) is 7.43. The molecule has 0 bridgehead atoms. The van der Waals surface area contributed by atoms with Gasteiger partial charge in [-0.1, -0.05) is 6.92 Å². The summed E-state index contributed by atoms with van der Waals surface area (Å²) in [5.74, 6) is 1.13. The number of hydrogen-bond acceptors (Lipinski definition) is 10. The highest BCUT2D eigenvalue weighted by Gasteiger charge is 2.38. The van der Waals surface area contributed by atoms with Crippen LogP contribution in [-0.4, -0.2) is 52.5 Å². The number of carbonyl (C=O) groups excluding carboxylic acids is 1. The normalized spacial score (nSPS) is 22.1. The van der Waals surface area contributed by atoms with Crippen LogP contribution in [0.15, 0.2) is 30.6 Å². The zero-order chi connectivity index (χ0) is 27.5. The van der Waals surface area contributed by atoms with Crippen LogP contribution in [0, 0.1) is 0 Å². The summed E-state index contributed by atoms with van der Waals surface area (Å²) in [6, 6.07) is 5.32. The second kappa shape index (κ2) is 9.16. The van der Waals surface area contributed by atoms with E-state index in [-0.39, 0.29) is 17.3 Å². The van der Waals surface area contributed by atoms with E-state index in [1.54, 1.807) is 24.5 Å². The zero-order valence-electron chi connectivity index (χ0n) is 22.2. The number of nitrogens with two attached hydrogens (primary N) is 1. The largest absolute Gasteiger partial charge is 0.474 e. The van der Waals surface area contributed by atoms with Gasteiger partial charge in [0.05, 0.1) is 21.9 Å². The van der Waals surface area contributed by atoms with Gasteiger partial charge in [-0.2, -0.15) is 0 Å². The fourth-order valence-electron chi connectivity index (χ4n) is 4.81. The van der Waals surface area contributed by atoms with Gasteiger partial charge >= 0.3 is 5.97 Å². The lowest BCUT2D eigenvalue weighted by Gasteiger charge is -2.34. The Kier molecular flexibility index (Phi) is 6.34. The maximum Gasteiger partial charge on any atom is 0.340 e. The number of pyridine rings is 3. The Hall–Kier alpha value is -3.31. The lowest BCUT2D eigenvalue weighted by Crippen LogP contribution is -2.42. The molecule has 4 heterocycles. The lowest BCUT2D eigenvalue weighted by atomic mass is 9.88. The summed E-state index contributed by atoms with van der Waals surface area (Å²) in [7, 11) is -3.08. The molecule has 0 aromatic carbocycles. The van der Waals surface area contributed by atoms with Gasteiger partial charge in [0.15, 0.2) is 9.84 Å². The summed E-state index contributed by atoms with van der Waals surface area (Å²) in [6.45, 7) is 7.68. The lowest BCUT2D eigenvalue weighted by molar-refractivity contribution is -0.00714. The van der Waals surface area contributed by atoms with Crippen LogP contribution in [0.2, 0.25) is 0 Å². The van der Waals surface area contributed by atoms with Gasteiger partial charge in [0, 0.05) is 43.5 Å². The first-order chi connectivity index (χ1) is 17.8. The first-order valence-electron chi connectivity index (χ1n) is 12.7. The zero-order valence-corrected chi connectivity index (χ0v) is 23.1. The van der Waals surface area contributed by atoms with Gasteiger partial charge in [0.25, 0.3) is 0 Å². The van der Waals surface area contributed by atoms with Gasteiger partial charge in [-0.05, 0) is 56.3 Å². The number of hydrogen-bond donors (Lipinski definition) is 2. The molecule has 11 heteroatoms. The molecule has 0 unspecified atom stereocenters. The molecule has 0 spiro atoms. The maximum absolute atomic E-state index is 12.3. The number of sulfone groups is 1. The van der Waals surface area contributed by atoms with Gasteiger partial charge in [-0.15, -0.1) is 0 Å². The highest BCUT2D eigenvalue weighted by atomic mass is 32.2. The third-order valence-corrected chi connectivity index (χ3v) is 9.03. The average Bonchev–Trinajstić information content (AvgIpc) is 2.79. The Morgan fingerprint density at radius 1 is 1.18 bits per heavy atom. The van der Waals surface area contributed by atoms with E-state index in [1.807, 2.05) is 33.8 Å². The summed E-state index contributed by atoms with van der Waals surface area (Å²) in [5.41, 5.74) is 7.35. The number of carbonyl (C=O) groups is 1. The number of rotatable bonds is 7. The molecule has 2 aliphatic rings. The first-order valence-corrected chi connectivity index (χ1v) is 14.6. The molecule has 1 saturated carbocycles. The monoisotopic (exact) mass is 539 g/mol. The summed E-state index contributed by atoms with van der Waals surface area (Å²) in [6.07, 6.45) is 6.51. The van der Waals surface area contributed by atoms with Crippen LogP contribution < -0.4 is 15.8 Å². The van der Waals surface area contributed by atoms with Crippen LogP contribution in [0.25, 0.3) is 10.8 Å². The standard InChI is InChI=1S/C27H33N5O5S/c1-6-27(4,28)20-14-30-24(36-15-9-16(10-15)38(5,34)35)19-13-29-23(11-18(19)20)32-22-8-7-17-21(31-22)12-26(2,3)37-25(17)33/h7-8,11,13-16H,6,9-10,12,28H2,1-5H3,(H,29,31,32)/t15?,16?,27-/m1/s1. The highest BCUT2D eigenvalue weighted by Crippen LogP contribution is 2.37. The van der Waals surface area contributed by atoms with Gasteiger partial charge in [0.1, 0.15) is 23.3 Å². The van der Waals surface area contributed by atoms with Crippen molar-refractivity contribution in [3.05, 3.63) is 47.4 Å². The van der Waals surface area contributed by atoms with Crippen LogP contribution in [0.5, 0.6) is 5.88 Å². The van der Waals surface area contributed by atoms with E-state index in [9.17, 15) is 13.2 Å². The van der Waals surface area contributed by atoms with Crippen LogP contribution in [0.3, 0.4) is 0 Å². The Morgan fingerprint density at radius 3 is 2.61 bits per heavy atom. The highest BCUT2D eigenvalue weighted by molar-refractivity contribution is 7.91. The van der Waals surface area contributed by atoms with Crippen molar-refractivity contribution in [2.75, 3.05) is 11.6 Å². The molecule has 1 aliphatic carbocycles. The molecule has 38 heavy (non-hydrogen) atoms. The van der Waals surface area contributed by atoms with E-state index in [2.05, 4.69) is 20.3 Å². The van der Waals surface area contributed by atoms with Crippen LogP contribution in [0.4, 0.5) is 11.6 Å². The molecule has 3 aromatic rings. The van der Waals surface area contributed by atoms with Crippen LogP contribution in [-0.2, 0) is 26.5 Å².